The molecule has 3 aromatic rings. The van der Waals surface area contributed by atoms with Crippen LogP contribution in [0.25, 0.3) is 0 Å². The molecule has 1 saturated carbocycles. The second kappa shape index (κ2) is 10.9. The van der Waals surface area contributed by atoms with Gasteiger partial charge in [-0.15, -0.1) is 11.3 Å². The third-order valence-electron chi connectivity index (χ3n) is 7.79. The number of aryl methyl sites for hydroxylation is 1. The Morgan fingerprint density at radius 2 is 1.71 bits per heavy atom. The number of amides is 1. The summed E-state index contributed by atoms with van der Waals surface area (Å²) in [6.45, 7) is 6.20. The van der Waals surface area contributed by atoms with Crippen LogP contribution in [0.3, 0.4) is 0 Å². The van der Waals surface area contributed by atoms with Gasteiger partial charge in [-0.2, -0.15) is 0 Å². The average molecular weight is 473 g/mol. The number of hydrogen-bond donors (Lipinski definition) is 0. The maximum atomic E-state index is 13.8. The van der Waals surface area contributed by atoms with Crippen molar-refractivity contribution >= 4 is 17.2 Å². The molecule has 4 heteroatoms. The molecule has 2 aliphatic rings. The van der Waals surface area contributed by atoms with Gasteiger partial charge in [0.05, 0.1) is 0 Å². The first-order valence-corrected chi connectivity index (χ1v) is 13.7. The van der Waals surface area contributed by atoms with Crippen LogP contribution in [-0.4, -0.2) is 41.4 Å². The van der Waals surface area contributed by atoms with Gasteiger partial charge >= 0.3 is 0 Å². The molecule has 0 bridgehead atoms. The monoisotopic (exact) mass is 472 g/mol. The predicted molar refractivity (Wildman–Crippen MR) is 141 cm³/mol. The molecule has 34 heavy (non-hydrogen) atoms. The van der Waals surface area contributed by atoms with Gasteiger partial charge in [0.1, 0.15) is 0 Å². The Balaban J connectivity index is 1.42. The maximum Gasteiger partial charge on any atom is 0.254 e. The van der Waals surface area contributed by atoms with Gasteiger partial charge in [-0.3, -0.25) is 9.69 Å². The van der Waals surface area contributed by atoms with Crippen LogP contribution in [0.5, 0.6) is 0 Å². The Bertz CT molecular complexity index is 1060. The quantitative estimate of drug-likeness (QED) is 0.380. The molecule has 5 rings (SSSR count). The van der Waals surface area contributed by atoms with E-state index in [1.165, 1.54) is 35.3 Å². The number of thiophene rings is 1. The zero-order valence-electron chi connectivity index (χ0n) is 20.2. The highest BCUT2D eigenvalue weighted by molar-refractivity contribution is 7.09. The lowest BCUT2D eigenvalue weighted by Gasteiger charge is -2.37. The summed E-state index contributed by atoms with van der Waals surface area (Å²) >= 11 is 1.84. The molecule has 2 atom stereocenters. The zero-order chi connectivity index (χ0) is 23.3. The first kappa shape index (κ1) is 23.3. The van der Waals surface area contributed by atoms with E-state index in [2.05, 4.69) is 58.5 Å². The molecule has 1 amide bonds. The van der Waals surface area contributed by atoms with Gasteiger partial charge in [0.2, 0.25) is 0 Å². The number of rotatable bonds is 7. The standard InChI is InChI=1S/C30H36N2OS/c1-23-11-8-9-17-28(23)29-22-31(21-27-16-10-18-34-27)19-25(29)20-32(26-14-6-3-7-15-26)30(33)24-12-4-2-5-13-24/h2,4-5,8-13,16-18,25-26,29H,3,6-7,14-15,19-22H2,1H3/t25-,29+/m0/s1. The van der Waals surface area contributed by atoms with Gasteiger partial charge in [-0.25, -0.2) is 0 Å². The minimum Gasteiger partial charge on any atom is -0.335 e. The Hall–Kier alpha value is -2.43. The number of benzene rings is 2. The van der Waals surface area contributed by atoms with Crippen LogP contribution in [0.15, 0.2) is 72.1 Å². The highest BCUT2D eigenvalue weighted by atomic mass is 32.1. The second-order valence-corrected chi connectivity index (χ2v) is 11.1. The van der Waals surface area contributed by atoms with E-state index in [4.69, 9.17) is 0 Å². The molecule has 1 aliphatic carbocycles. The van der Waals surface area contributed by atoms with Crippen molar-refractivity contribution in [3.8, 4) is 0 Å². The molecule has 3 nitrogen and oxygen atoms in total. The third kappa shape index (κ3) is 5.29. The number of carbonyl (C=O) groups is 1. The molecule has 0 N–H and O–H groups in total. The smallest absolute Gasteiger partial charge is 0.254 e. The van der Waals surface area contributed by atoms with Crippen molar-refractivity contribution in [3.63, 3.8) is 0 Å². The minimum atomic E-state index is 0.216. The summed E-state index contributed by atoms with van der Waals surface area (Å²) in [5.41, 5.74) is 3.65. The van der Waals surface area contributed by atoms with Crippen molar-refractivity contribution in [1.82, 2.24) is 9.80 Å². The predicted octanol–water partition coefficient (Wildman–Crippen LogP) is 6.75. The van der Waals surface area contributed by atoms with Crippen molar-refractivity contribution in [2.24, 2.45) is 5.92 Å². The van der Waals surface area contributed by atoms with E-state index in [1.54, 1.807) is 0 Å². The molecule has 1 saturated heterocycles. The number of likely N-dealkylation sites (tertiary alicyclic amines) is 1. The molecule has 2 fully saturated rings. The first-order chi connectivity index (χ1) is 16.7. The topological polar surface area (TPSA) is 23.6 Å². The van der Waals surface area contributed by atoms with Gasteiger partial charge in [0, 0.05) is 48.6 Å². The molecular formula is C30H36N2OS. The molecule has 1 aromatic heterocycles. The minimum absolute atomic E-state index is 0.216. The fourth-order valence-electron chi connectivity index (χ4n) is 6.04. The summed E-state index contributed by atoms with van der Waals surface area (Å²) in [7, 11) is 0. The Kier molecular flexibility index (Phi) is 7.46. The summed E-state index contributed by atoms with van der Waals surface area (Å²) in [6.07, 6.45) is 6.05. The van der Waals surface area contributed by atoms with Gasteiger partial charge in [0.25, 0.3) is 5.91 Å². The maximum absolute atomic E-state index is 13.8. The van der Waals surface area contributed by atoms with E-state index >= 15 is 0 Å². The van der Waals surface area contributed by atoms with Crippen LogP contribution < -0.4 is 0 Å². The Labute approximate surface area is 208 Å². The van der Waals surface area contributed by atoms with E-state index < -0.39 is 0 Å². The number of hydrogen-bond acceptors (Lipinski definition) is 3. The largest absolute Gasteiger partial charge is 0.335 e. The van der Waals surface area contributed by atoms with Crippen LogP contribution >= 0.6 is 11.3 Å². The summed E-state index contributed by atoms with van der Waals surface area (Å²) in [6, 6.07) is 23.6. The van der Waals surface area contributed by atoms with Gasteiger partial charge in [0.15, 0.2) is 0 Å². The van der Waals surface area contributed by atoms with Gasteiger partial charge in [-0.1, -0.05) is 67.8 Å². The highest BCUT2D eigenvalue weighted by Crippen LogP contribution is 2.37. The second-order valence-electron chi connectivity index (χ2n) is 10.1. The summed E-state index contributed by atoms with van der Waals surface area (Å²) in [5, 5.41) is 2.17. The Morgan fingerprint density at radius 1 is 0.941 bits per heavy atom. The molecule has 0 spiro atoms. The van der Waals surface area contributed by atoms with Crippen LogP contribution in [0.1, 0.15) is 64.4 Å². The van der Waals surface area contributed by atoms with Crippen molar-refractivity contribution in [1.29, 1.82) is 0 Å². The SMILES string of the molecule is Cc1ccccc1[C@@H]1CN(Cc2cccs2)C[C@H]1CN(C(=O)c1ccccc1)C1CCCCC1. The average Bonchev–Trinajstić information content (AvgIpc) is 3.53. The van der Waals surface area contributed by atoms with Gasteiger partial charge < -0.3 is 4.90 Å². The first-order valence-electron chi connectivity index (χ1n) is 12.9. The highest BCUT2D eigenvalue weighted by Gasteiger charge is 2.38. The fraction of sp³-hybridized carbons (Fsp3) is 0.433. The van der Waals surface area contributed by atoms with Crippen LogP contribution in [0.4, 0.5) is 0 Å². The Morgan fingerprint density at radius 3 is 2.44 bits per heavy atom. The fourth-order valence-corrected chi connectivity index (χ4v) is 6.79. The molecule has 0 radical (unpaired) electrons. The van der Waals surface area contributed by atoms with E-state index in [9.17, 15) is 4.79 Å². The molecule has 2 aromatic carbocycles. The van der Waals surface area contributed by atoms with Crippen LogP contribution in [0.2, 0.25) is 0 Å². The third-order valence-corrected chi connectivity index (χ3v) is 8.65. The lowest BCUT2D eigenvalue weighted by atomic mass is 9.85. The summed E-state index contributed by atoms with van der Waals surface area (Å²) in [4.78, 5) is 20.1. The van der Waals surface area contributed by atoms with Crippen molar-refractivity contribution < 1.29 is 4.79 Å². The summed E-state index contributed by atoms with van der Waals surface area (Å²) < 4.78 is 0. The molecular weight excluding hydrogens is 436 g/mol. The lowest BCUT2D eigenvalue weighted by Crippen LogP contribution is -2.45. The van der Waals surface area contributed by atoms with Crippen molar-refractivity contribution in [2.45, 2.75) is 57.5 Å². The van der Waals surface area contributed by atoms with E-state index in [1.807, 2.05) is 41.7 Å². The molecule has 2 heterocycles. The van der Waals surface area contributed by atoms with E-state index in [0.29, 0.717) is 17.9 Å². The summed E-state index contributed by atoms with van der Waals surface area (Å²) in [5.74, 6) is 1.11. The van der Waals surface area contributed by atoms with Crippen LogP contribution in [-0.2, 0) is 6.54 Å². The number of nitrogens with zero attached hydrogens (tertiary/aromatic N) is 2. The van der Waals surface area contributed by atoms with Crippen molar-refractivity contribution in [2.75, 3.05) is 19.6 Å². The van der Waals surface area contributed by atoms with Crippen LogP contribution in [0, 0.1) is 12.8 Å². The molecule has 0 unspecified atom stereocenters. The zero-order valence-corrected chi connectivity index (χ0v) is 21.1. The number of carbonyl (C=O) groups excluding carboxylic acids is 1. The normalized spacial score (nSPS) is 21.6. The lowest BCUT2D eigenvalue weighted by molar-refractivity contribution is 0.0588. The van der Waals surface area contributed by atoms with E-state index in [-0.39, 0.29) is 5.91 Å². The van der Waals surface area contributed by atoms with E-state index in [0.717, 1.165) is 44.6 Å². The van der Waals surface area contributed by atoms with Gasteiger partial charge in [-0.05, 0) is 60.4 Å². The molecule has 1 aliphatic heterocycles. The molecule has 178 valence electrons. The van der Waals surface area contributed by atoms with Crippen molar-refractivity contribution in [3.05, 3.63) is 93.7 Å².